The van der Waals surface area contributed by atoms with Crippen LogP contribution >= 0.6 is 35.4 Å². The van der Waals surface area contributed by atoms with Gasteiger partial charge >= 0.3 is 0 Å². The first-order valence-electron chi connectivity index (χ1n) is 8.09. The number of ether oxygens (including phenoxy) is 1. The van der Waals surface area contributed by atoms with Gasteiger partial charge < -0.3 is 10.1 Å². The van der Waals surface area contributed by atoms with E-state index in [1.54, 1.807) is 16.8 Å². The van der Waals surface area contributed by atoms with Gasteiger partial charge in [-0.1, -0.05) is 29.3 Å². The molecule has 2 aromatic carbocycles. The Morgan fingerprint density at radius 3 is 2.76 bits per heavy atom. The van der Waals surface area contributed by atoms with Crippen LogP contribution in [0.2, 0.25) is 10.0 Å². The van der Waals surface area contributed by atoms with Gasteiger partial charge in [-0.15, -0.1) is 5.10 Å². The number of nitro groups is 1. The number of hydrogen-bond acceptors (Lipinski definition) is 6. The van der Waals surface area contributed by atoms with Crippen LogP contribution in [0.5, 0.6) is 5.75 Å². The molecule has 0 saturated heterocycles. The Kier molecular flexibility index (Phi) is 6.47. The number of halogens is 2. The molecule has 0 bridgehead atoms. The SMILES string of the molecule is COc1cc([N+](=O)[O-])ccc1NC(=S)Nc1ncn(Cc2ccc(Cl)cc2Cl)n1. The van der Waals surface area contributed by atoms with Gasteiger partial charge in [0.15, 0.2) is 5.11 Å². The number of nitrogens with zero attached hydrogens (tertiary/aromatic N) is 4. The molecule has 0 atom stereocenters. The summed E-state index contributed by atoms with van der Waals surface area (Å²) in [5.74, 6) is 0.549. The Morgan fingerprint density at radius 2 is 2.07 bits per heavy atom. The fourth-order valence-corrected chi connectivity index (χ4v) is 3.07. The quantitative estimate of drug-likeness (QED) is 0.322. The highest BCUT2D eigenvalue weighted by molar-refractivity contribution is 7.80. The van der Waals surface area contributed by atoms with Crippen molar-refractivity contribution in [2.45, 2.75) is 6.54 Å². The second-order valence-electron chi connectivity index (χ2n) is 5.72. The Labute approximate surface area is 180 Å². The number of benzene rings is 2. The molecular weight excluding hydrogens is 439 g/mol. The van der Waals surface area contributed by atoms with Crippen LogP contribution in [0.3, 0.4) is 0 Å². The van der Waals surface area contributed by atoms with Gasteiger partial charge in [0, 0.05) is 16.1 Å². The lowest BCUT2D eigenvalue weighted by Gasteiger charge is -2.11. The van der Waals surface area contributed by atoms with Crippen molar-refractivity contribution in [2.24, 2.45) is 0 Å². The van der Waals surface area contributed by atoms with E-state index in [0.29, 0.717) is 22.3 Å². The van der Waals surface area contributed by atoms with Crippen LogP contribution in [0.25, 0.3) is 0 Å². The molecule has 150 valence electrons. The second kappa shape index (κ2) is 9.03. The Bertz CT molecular complexity index is 1080. The number of anilines is 2. The molecule has 0 saturated carbocycles. The second-order valence-corrected chi connectivity index (χ2v) is 6.97. The van der Waals surface area contributed by atoms with Gasteiger partial charge in [0.25, 0.3) is 5.69 Å². The fourth-order valence-electron chi connectivity index (χ4n) is 2.40. The lowest BCUT2D eigenvalue weighted by atomic mass is 10.2. The van der Waals surface area contributed by atoms with Gasteiger partial charge in [-0.2, -0.15) is 0 Å². The maximum absolute atomic E-state index is 10.9. The number of thiocarbonyl (C=S) groups is 1. The number of rotatable bonds is 6. The molecule has 2 N–H and O–H groups in total. The molecule has 0 aliphatic carbocycles. The summed E-state index contributed by atoms with van der Waals surface area (Å²) in [4.78, 5) is 14.5. The maximum Gasteiger partial charge on any atom is 0.273 e. The first-order valence-corrected chi connectivity index (χ1v) is 9.26. The van der Waals surface area contributed by atoms with Crippen LogP contribution in [0.4, 0.5) is 17.3 Å². The van der Waals surface area contributed by atoms with Gasteiger partial charge in [0.2, 0.25) is 5.95 Å². The zero-order chi connectivity index (χ0) is 21.0. The molecule has 0 fully saturated rings. The van der Waals surface area contributed by atoms with Crippen molar-refractivity contribution in [3.05, 3.63) is 68.4 Å². The van der Waals surface area contributed by atoms with E-state index < -0.39 is 4.92 Å². The van der Waals surface area contributed by atoms with Gasteiger partial charge in [-0.05, 0) is 36.0 Å². The van der Waals surface area contributed by atoms with E-state index in [4.69, 9.17) is 40.2 Å². The van der Waals surface area contributed by atoms with Crippen molar-refractivity contribution in [3.8, 4) is 5.75 Å². The first kappa shape index (κ1) is 20.8. The topological polar surface area (TPSA) is 107 Å². The van der Waals surface area contributed by atoms with Gasteiger partial charge in [-0.25, -0.2) is 9.67 Å². The first-order chi connectivity index (χ1) is 13.9. The average Bonchev–Trinajstić information content (AvgIpc) is 3.10. The number of methoxy groups -OCH3 is 1. The predicted molar refractivity (Wildman–Crippen MR) is 115 cm³/mol. The number of nitrogens with one attached hydrogen (secondary N) is 2. The number of nitro benzene ring substituents is 1. The molecule has 0 radical (unpaired) electrons. The van der Waals surface area contributed by atoms with Crippen LogP contribution in [-0.4, -0.2) is 31.9 Å². The number of aromatic nitrogens is 3. The number of non-ortho nitro benzene ring substituents is 1. The summed E-state index contributed by atoms with van der Waals surface area (Å²) in [6.45, 7) is 0.404. The minimum atomic E-state index is -0.508. The highest BCUT2D eigenvalue weighted by atomic mass is 35.5. The Morgan fingerprint density at radius 1 is 1.28 bits per heavy atom. The summed E-state index contributed by atoms with van der Waals surface area (Å²) in [6, 6.07) is 9.36. The third kappa shape index (κ3) is 5.31. The van der Waals surface area contributed by atoms with E-state index in [9.17, 15) is 10.1 Å². The molecule has 29 heavy (non-hydrogen) atoms. The van der Waals surface area contributed by atoms with Crippen LogP contribution in [-0.2, 0) is 6.54 Å². The van der Waals surface area contributed by atoms with Crippen molar-refractivity contribution in [2.75, 3.05) is 17.7 Å². The van der Waals surface area contributed by atoms with E-state index >= 15 is 0 Å². The third-order valence-electron chi connectivity index (χ3n) is 3.75. The fraction of sp³-hybridized carbons (Fsp3) is 0.118. The van der Waals surface area contributed by atoms with Crippen LogP contribution < -0.4 is 15.4 Å². The predicted octanol–water partition coefficient (Wildman–Crippen LogP) is 4.36. The van der Waals surface area contributed by atoms with Crippen LogP contribution in [0.15, 0.2) is 42.7 Å². The highest BCUT2D eigenvalue weighted by Gasteiger charge is 2.13. The van der Waals surface area contributed by atoms with E-state index in [0.717, 1.165) is 5.56 Å². The molecule has 0 amide bonds. The van der Waals surface area contributed by atoms with Crippen molar-refractivity contribution >= 4 is 57.9 Å². The normalized spacial score (nSPS) is 10.4. The zero-order valence-corrected chi connectivity index (χ0v) is 17.3. The molecular formula is C17H14Cl2N6O3S. The minimum absolute atomic E-state index is 0.0902. The van der Waals surface area contributed by atoms with E-state index in [-0.39, 0.29) is 22.5 Å². The summed E-state index contributed by atoms with van der Waals surface area (Å²) >= 11 is 17.3. The summed E-state index contributed by atoms with van der Waals surface area (Å²) in [7, 11) is 1.41. The minimum Gasteiger partial charge on any atom is -0.494 e. The number of hydrogen-bond donors (Lipinski definition) is 2. The highest BCUT2D eigenvalue weighted by Crippen LogP contribution is 2.29. The molecule has 9 nitrogen and oxygen atoms in total. The molecule has 0 unspecified atom stereocenters. The van der Waals surface area contributed by atoms with E-state index in [2.05, 4.69) is 20.7 Å². The molecule has 0 spiro atoms. The zero-order valence-electron chi connectivity index (χ0n) is 14.9. The molecule has 1 heterocycles. The van der Waals surface area contributed by atoms with Gasteiger partial charge in [-0.3, -0.25) is 15.4 Å². The molecule has 12 heteroatoms. The van der Waals surface area contributed by atoms with Crippen molar-refractivity contribution < 1.29 is 9.66 Å². The van der Waals surface area contributed by atoms with Crippen molar-refractivity contribution in [1.29, 1.82) is 0 Å². The lowest BCUT2D eigenvalue weighted by molar-refractivity contribution is -0.384. The summed E-state index contributed by atoms with van der Waals surface area (Å²) in [5.41, 5.74) is 1.21. The summed E-state index contributed by atoms with van der Waals surface area (Å²) in [6.07, 6.45) is 1.53. The lowest BCUT2D eigenvalue weighted by Crippen LogP contribution is -2.20. The third-order valence-corrected chi connectivity index (χ3v) is 4.54. The van der Waals surface area contributed by atoms with Gasteiger partial charge in [0.05, 0.1) is 30.3 Å². The van der Waals surface area contributed by atoms with E-state index in [1.165, 1.54) is 31.6 Å². The van der Waals surface area contributed by atoms with Crippen LogP contribution in [0, 0.1) is 10.1 Å². The monoisotopic (exact) mass is 452 g/mol. The smallest absolute Gasteiger partial charge is 0.273 e. The van der Waals surface area contributed by atoms with Gasteiger partial charge in [0.1, 0.15) is 12.1 Å². The maximum atomic E-state index is 10.9. The Balaban J connectivity index is 1.65. The summed E-state index contributed by atoms with van der Waals surface area (Å²) in [5, 5.41) is 22.2. The van der Waals surface area contributed by atoms with E-state index in [1.807, 2.05) is 6.07 Å². The average molecular weight is 453 g/mol. The van der Waals surface area contributed by atoms with Crippen molar-refractivity contribution in [3.63, 3.8) is 0 Å². The standard InChI is InChI=1S/C17H14Cl2N6O3S/c1-28-15-7-12(25(26)27)4-5-14(15)21-17(29)22-16-20-9-24(23-16)8-10-2-3-11(18)6-13(10)19/h2-7,9H,8H2,1H3,(H2,21,22,23,29). The molecule has 1 aromatic heterocycles. The molecule has 0 aliphatic rings. The molecule has 3 rings (SSSR count). The van der Waals surface area contributed by atoms with Crippen LogP contribution in [0.1, 0.15) is 5.56 Å². The molecule has 0 aliphatic heterocycles. The largest absolute Gasteiger partial charge is 0.494 e. The summed E-state index contributed by atoms with van der Waals surface area (Å²) < 4.78 is 6.76. The Hall–Kier alpha value is -2.95. The van der Waals surface area contributed by atoms with Crippen molar-refractivity contribution in [1.82, 2.24) is 14.8 Å². The molecule has 3 aromatic rings.